The minimum atomic E-state index is 0.534. The van der Waals surface area contributed by atoms with Crippen molar-refractivity contribution in [3.05, 3.63) is 95.6 Å². The van der Waals surface area contributed by atoms with Gasteiger partial charge in [-0.3, -0.25) is 0 Å². The molecule has 0 saturated carbocycles. The lowest BCUT2D eigenvalue weighted by Crippen LogP contribution is -2.23. The molecule has 4 rings (SSSR count). The van der Waals surface area contributed by atoms with Gasteiger partial charge in [-0.15, -0.1) is 0 Å². The Morgan fingerprint density at radius 1 is 0.714 bits per heavy atom. The van der Waals surface area contributed by atoms with Crippen molar-refractivity contribution >= 4 is 0 Å². The quantitative estimate of drug-likeness (QED) is 0.593. The molecule has 144 valence electrons. The molecule has 0 radical (unpaired) electrons. The molecule has 3 heteroatoms. The van der Waals surface area contributed by atoms with Crippen LogP contribution in [0.25, 0.3) is 0 Å². The minimum absolute atomic E-state index is 0.534. The van der Waals surface area contributed by atoms with Crippen LogP contribution in [0, 0.1) is 0 Å². The van der Waals surface area contributed by atoms with E-state index in [2.05, 4.69) is 41.7 Å². The van der Waals surface area contributed by atoms with Gasteiger partial charge in [-0.1, -0.05) is 66.7 Å². The van der Waals surface area contributed by atoms with E-state index < -0.39 is 0 Å². The molecule has 1 saturated heterocycles. The number of ether oxygens (including phenoxy) is 2. The molecule has 1 atom stereocenters. The summed E-state index contributed by atoms with van der Waals surface area (Å²) in [7, 11) is 0. The highest BCUT2D eigenvalue weighted by molar-refractivity contribution is 5.43. The Labute approximate surface area is 167 Å². The Bertz CT molecular complexity index is 858. The van der Waals surface area contributed by atoms with Crippen molar-refractivity contribution in [2.24, 2.45) is 0 Å². The Morgan fingerprint density at radius 2 is 1.36 bits per heavy atom. The summed E-state index contributed by atoms with van der Waals surface area (Å²) in [4.78, 5) is 0. The van der Waals surface area contributed by atoms with Gasteiger partial charge in [0.1, 0.15) is 13.2 Å². The zero-order valence-electron chi connectivity index (χ0n) is 16.1. The van der Waals surface area contributed by atoms with Crippen LogP contribution < -0.4 is 14.8 Å². The van der Waals surface area contributed by atoms with Gasteiger partial charge in [0, 0.05) is 6.04 Å². The second kappa shape index (κ2) is 9.43. The van der Waals surface area contributed by atoms with E-state index in [9.17, 15) is 0 Å². The van der Waals surface area contributed by atoms with Crippen LogP contribution >= 0.6 is 0 Å². The van der Waals surface area contributed by atoms with E-state index in [1.165, 1.54) is 18.4 Å². The molecule has 0 spiro atoms. The molecule has 1 fully saturated rings. The molecule has 1 unspecified atom stereocenters. The van der Waals surface area contributed by atoms with E-state index in [4.69, 9.17) is 9.47 Å². The van der Waals surface area contributed by atoms with Crippen LogP contribution in [-0.2, 0) is 19.6 Å². The van der Waals surface area contributed by atoms with Crippen molar-refractivity contribution in [3.63, 3.8) is 0 Å². The van der Waals surface area contributed by atoms with Crippen LogP contribution in [0.15, 0.2) is 78.9 Å². The zero-order chi connectivity index (χ0) is 19.0. The number of hydrogen-bond acceptors (Lipinski definition) is 3. The van der Waals surface area contributed by atoms with Gasteiger partial charge < -0.3 is 14.8 Å². The molecule has 0 aliphatic carbocycles. The summed E-state index contributed by atoms with van der Waals surface area (Å²) in [5, 5.41) is 3.57. The standard InChI is InChI=1S/C25H27NO2/c1-3-8-20(9-4-1)18-27-24-14-13-22(16-23-12-7-15-26-23)17-25(24)28-19-21-10-5-2-6-11-21/h1-6,8-11,13-14,17,23,26H,7,12,15-16,18-19H2. The van der Waals surface area contributed by atoms with Crippen molar-refractivity contribution in [1.82, 2.24) is 5.32 Å². The fourth-order valence-electron chi connectivity index (χ4n) is 3.60. The maximum absolute atomic E-state index is 6.17. The molecule has 3 aromatic carbocycles. The van der Waals surface area contributed by atoms with Crippen molar-refractivity contribution < 1.29 is 9.47 Å². The van der Waals surface area contributed by atoms with Gasteiger partial charge in [-0.05, 0) is 54.6 Å². The SMILES string of the molecule is c1ccc(COc2ccc(CC3CCCN3)cc2OCc2ccccc2)cc1. The average Bonchev–Trinajstić information content (AvgIpc) is 3.26. The van der Waals surface area contributed by atoms with E-state index in [1.807, 2.05) is 42.5 Å². The third-order valence-corrected chi connectivity index (χ3v) is 5.13. The van der Waals surface area contributed by atoms with Crippen LogP contribution in [-0.4, -0.2) is 12.6 Å². The van der Waals surface area contributed by atoms with Gasteiger partial charge in [0.2, 0.25) is 0 Å². The van der Waals surface area contributed by atoms with E-state index in [0.717, 1.165) is 35.6 Å². The largest absolute Gasteiger partial charge is 0.485 e. The molecule has 0 bridgehead atoms. The number of benzene rings is 3. The molecule has 1 heterocycles. The minimum Gasteiger partial charge on any atom is -0.485 e. The van der Waals surface area contributed by atoms with E-state index in [0.29, 0.717) is 19.3 Å². The van der Waals surface area contributed by atoms with Crippen LogP contribution in [0.4, 0.5) is 0 Å². The second-order valence-corrected chi connectivity index (χ2v) is 7.33. The second-order valence-electron chi connectivity index (χ2n) is 7.33. The molecule has 3 aromatic rings. The molecule has 1 aliphatic rings. The predicted molar refractivity (Wildman–Crippen MR) is 113 cm³/mol. The summed E-state index contributed by atoms with van der Waals surface area (Å²) >= 11 is 0. The lowest BCUT2D eigenvalue weighted by Gasteiger charge is -2.16. The Morgan fingerprint density at radius 3 is 1.96 bits per heavy atom. The smallest absolute Gasteiger partial charge is 0.161 e. The van der Waals surface area contributed by atoms with Gasteiger partial charge >= 0.3 is 0 Å². The Kier molecular flexibility index (Phi) is 6.25. The van der Waals surface area contributed by atoms with Crippen molar-refractivity contribution in [1.29, 1.82) is 0 Å². The maximum atomic E-state index is 6.17. The summed E-state index contributed by atoms with van der Waals surface area (Å²) in [6.45, 7) is 2.19. The lowest BCUT2D eigenvalue weighted by atomic mass is 10.0. The summed E-state index contributed by atoms with van der Waals surface area (Å²) < 4.78 is 12.3. The summed E-state index contributed by atoms with van der Waals surface area (Å²) in [5.74, 6) is 1.61. The van der Waals surface area contributed by atoms with Crippen LogP contribution in [0.5, 0.6) is 11.5 Å². The third kappa shape index (κ3) is 5.14. The molecule has 0 amide bonds. The number of hydrogen-bond donors (Lipinski definition) is 1. The first kappa shape index (κ1) is 18.6. The fraction of sp³-hybridized carbons (Fsp3) is 0.280. The summed E-state index contributed by atoms with van der Waals surface area (Å²) in [6.07, 6.45) is 3.54. The van der Waals surface area contributed by atoms with Crippen molar-refractivity contribution in [3.8, 4) is 11.5 Å². The molecule has 1 aliphatic heterocycles. The fourth-order valence-corrected chi connectivity index (χ4v) is 3.60. The van der Waals surface area contributed by atoms with Gasteiger partial charge in [0.15, 0.2) is 11.5 Å². The number of rotatable bonds is 8. The number of nitrogens with one attached hydrogen (secondary N) is 1. The molecular formula is C25H27NO2. The van der Waals surface area contributed by atoms with Crippen LogP contribution in [0.1, 0.15) is 29.5 Å². The first-order chi connectivity index (χ1) is 13.9. The first-order valence-corrected chi connectivity index (χ1v) is 10.1. The molecule has 3 nitrogen and oxygen atoms in total. The van der Waals surface area contributed by atoms with E-state index in [-0.39, 0.29) is 0 Å². The molecule has 1 N–H and O–H groups in total. The highest BCUT2D eigenvalue weighted by atomic mass is 16.5. The Balaban J connectivity index is 1.49. The van der Waals surface area contributed by atoms with Crippen LogP contribution in [0.3, 0.4) is 0 Å². The van der Waals surface area contributed by atoms with E-state index in [1.54, 1.807) is 0 Å². The van der Waals surface area contributed by atoms with Crippen molar-refractivity contribution in [2.75, 3.05) is 6.54 Å². The Hall–Kier alpha value is -2.78. The van der Waals surface area contributed by atoms with Crippen molar-refractivity contribution in [2.45, 2.75) is 38.5 Å². The van der Waals surface area contributed by atoms with Crippen LogP contribution in [0.2, 0.25) is 0 Å². The van der Waals surface area contributed by atoms with Gasteiger partial charge in [-0.2, -0.15) is 0 Å². The monoisotopic (exact) mass is 373 g/mol. The predicted octanol–water partition coefficient (Wildman–Crippen LogP) is 5.14. The summed E-state index contributed by atoms with van der Waals surface area (Å²) in [6, 6.07) is 27.4. The lowest BCUT2D eigenvalue weighted by molar-refractivity contribution is 0.255. The normalized spacial score (nSPS) is 16.1. The first-order valence-electron chi connectivity index (χ1n) is 10.1. The average molecular weight is 373 g/mol. The maximum Gasteiger partial charge on any atom is 0.161 e. The highest BCUT2D eigenvalue weighted by Crippen LogP contribution is 2.31. The van der Waals surface area contributed by atoms with Gasteiger partial charge in [0.25, 0.3) is 0 Å². The topological polar surface area (TPSA) is 30.5 Å². The third-order valence-electron chi connectivity index (χ3n) is 5.13. The molecular weight excluding hydrogens is 346 g/mol. The highest BCUT2D eigenvalue weighted by Gasteiger charge is 2.16. The van der Waals surface area contributed by atoms with Gasteiger partial charge in [-0.25, -0.2) is 0 Å². The van der Waals surface area contributed by atoms with Gasteiger partial charge in [0.05, 0.1) is 0 Å². The zero-order valence-corrected chi connectivity index (χ0v) is 16.1. The molecule has 28 heavy (non-hydrogen) atoms. The van der Waals surface area contributed by atoms with E-state index >= 15 is 0 Å². The summed E-state index contributed by atoms with van der Waals surface area (Å²) in [5.41, 5.74) is 3.59. The molecule has 0 aromatic heterocycles.